The Balaban J connectivity index is 1.89. The van der Waals surface area contributed by atoms with Gasteiger partial charge in [-0.15, -0.1) is 10.2 Å². The fourth-order valence-corrected chi connectivity index (χ4v) is 1.90. The number of ether oxygens (including phenoxy) is 1. The van der Waals surface area contributed by atoms with E-state index in [1.54, 1.807) is 0 Å². The summed E-state index contributed by atoms with van der Waals surface area (Å²) in [6.45, 7) is 4.92. The van der Waals surface area contributed by atoms with Crippen molar-refractivity contribution in [3.05, 3.63) is 5.82 Å². The van der Waals surface area contributed by atoms with Crippen molar-refractivity contribution in [2.75, 3.05) is 11.9 Å². The molecule has 0 saturated carbocycles. The van der Waals surface area contributed by atoms with Crippen LogP contribution in [0.5, 0.6) is 0 Å². The quantitative estimate of drug-likeness (QED) is 0.859. The summed E-state index contributed by atoms with van der Waals surface area (Å²) >= 11 is 0. The maximum absolute atomic E-state index is 11.7. The molecule has 6 heteroatoms. The number of rotatable bonds is 5. The smallest absolute Gasteiger partial charge is 0.252 e. The third-order valence-corrected chi connectivity index (χ3v) is 3.18. The van der Waals surface area contributed by atoms with Crippen LogP contribution < -0.4 is 5.32 Å². The maximum Gasteiger partial charge on any atom is 0.252 e. The molecule has 0 spiro atoms. The average Bonchev–Trinajstić information content (AvgIpc) is 2.79. The predicted octanol–water partition coefficient (Wildman–Crippen LogP) is 1.37. The van der Waals surface area contributed by atoms with Crippen molar-refractivity contribution in [1.82, 2.24) is 14.8 Å². The summed E-state index contributed by atoms with van der Waals surface area (Å²) in [7, 11) is 0. The Labute approximate surface area is 107 Å². The number of nitrogens with zero attached hydrogens (tertiary/aromatic N) is 3. The fourth-order valence-electron chi connectivity index (χ4n) is 1.90. The minimum Gasteiger partial charge on any atom is -0.369 e. The van der Waals surface area contributed by atoms with E-state index in [-0.39, 0.29) is 18.6 Å². The van der Waals surface area contributed by atoms with Crippen LogP contribution in [0.4, 0.5) is 5.95 Å². The van der Waals surface area contributed by atoms with Gasteiger partial charge in [-0.1, -0.05) is 6.92 Å². The third kappa shape index (κ3) is 3.07. The number of aryl methyl sites for hydroxylation is 1. The lowest BCUT2D eigenvalue weighted by Crippen LogP contribution is -2.24. The first-order valence-electron chi connectivity index (χ1n) is 6.54. The van der Waals surface area contributed by atoms with Gasteiger partial charge in [-0.05, 0) is 26.2 Å². The topological polar surface area (TPSA) is 69.0 Å². The Bertz CT molecular complexity index is 416. The number of aromatic nitrogens is 3. The highest BCUT2D eigenvalue weighted by Crippen LogP contribution is 2.16. The molecule has 0 aromatic carbocycles. The molecule has 1 unspecified atom stereocenters. The van der Waals surface area contributed by atoms with E-state index in [4.69, 9.17) is 4.74 Å². The Morgan fingerprint density at radius 3 is 3.11 bits per heavy atom. The van der Waals surface area contributed by atoms with Gasteiger partial charge in [0.25, 0.3) is 5.91 Å². The van der Waals surface area contributed by atoms with E-state index in [0.29, 0.717) is 5.95 Å². The number of carbonyl (C=O) groups excluding carboxylic acids is 1. The highest BCUT2D eigenvalue weighted by atomic mass is 16.5. The molecule has 0 bridgehead atoms. The van der Waals surface area contributed by atoms with E-state index in [1.165, 1.54) is 0 Å². The Morgan fingerprint density at radius 2 is 2.33 bits per heavy atom. The predicted molar refractivity (Wildman–Crippen MR) is 67.3 cm³/mol. The molecule has 100 valence electrons. The molecule has 1 aromatic heterocycles. The summed E-state index contributed by atoms with van der Waals surface area (Å²) in [4.78, 5) is 11.7. The molecule has 0 saturated heterocycles. The molecule has 1 aliphatic heterocycles. The molecule has 0 aliphatic carbocycles. The van der Waals surface area contributed by atoms with Gasteiger partial charge in [-0.3, -0.25) is 14.7 Å². The number of fused-ring (bicyclic) bond motifs is 1. The summed E-state index contributed by atoms with van der Waals surface area (Å²) in [6, 6.07) is 0. The molecule has 1 aliphatic rings. The fraction of sp³-hybridized carbons (Fsp3) is 0.750. The number of anilines is 1. The zero-order valence-corrected chi connectivity index (χ0v) is 11.0. The minimum absolute atomic E-state index is 0.0667. The van der Waals surface area contributed by atoms with Gasteiger partial charge in [0.05, 0.1) is 6.10 Å². The van der Waals surface area contributed by atoms with Gasteiger partial charge in [0, 0.05) is 13.0 Å². The lowest BCUT2D eigenvalue weighted by atomic mass is 10.2. The summed E-state index contributed by atoms with van der Waals surface area (Å²) in [5.41, 5.74) is 0. The lowest BCUT2D eigenvalue weighted by Gasteiger charge is -2.15. The summed E-state index contributed by atoms with van der Waals surface area (Å²) in [5, 5.41) is 10.8. The van der Waals surface area contributed by atoms with Gasteiger partial charge in [-0.25, -0.2) is 0 Å². The molecule has 0 radical (unpaired) electrons. The molecular formula is C12H20N4O2. The maximum atomic E-state index is 11.7. The SMILES string of the molecule is CCC(C)OCC(=O)Nc1nnc2n1CCCC2. The lowest BCUT2D eigenvalue weighted by molar-refractivity contribution is -0.122. The number of nitrogens with one attached hydrogen (secondary N) is 1. The number of hydrogen-bond donors (Lipinski definition) is 1. The molecule has 1 amide bonds. The van der Waals surface area contributed by atoms with Crippen LogP contribution in [0.15, 0.2) is 0 Å². The summed E-state index contributed by atoms with van der Waals surface area (Å²) in [6.07, 6.45) is 4.18. The second-order valence-electron chi connectivity index (χ2n) is 4.63. The molecule has 0 fully saturated rings. The zero-order chi connectivity index (χ0) is 13.0. The van der Waals surface area contributed by atoms with Crippen LogP contribution in [0.1, 0.15) is 38.9 Å². The van der Waals surface area contributed by atoms with Crippen LogP contribution in [0.3, 0.4) is 0 Å². The van der Waals surface area contributed by atoms with Gasteiger partial charge in [-0.2, -0.15) is 0 Å². The normalized spacial score (nSPS) is 16.1. The van der Waals surface area contributed by atoms with Crippen LogP contribution in [-0.2, 0) is 22.5 Å². The van der Waals surface area contributed by atoms with Crippen molar-refractivity contribution in [2.45, 2.75) is 52.2 Å². The largest absolute Gasteiger partial charge is 0.369 e. The first-order valence-corrected chi connectivity index (χ1v) is 6.54. The van der Waals surface area contributed by atoms with Gasteiger partial charge in [0.2, 0.25) is 5.95 Å². The zero-order valence-electron chi connectivity index (χ0n) is 11.0. The van der Waals surface area contributed by atoms with Gasteiger partial charge in [0.15, 0.2) is 0 Å². The van der Waals surface area contributed by atoms with Crippen LogP contribution in [-0.4, -0.2) is 33.4 Å². The molecule has 18 heavy (non-hydrogen) atoms. The number of hydrogen-bond acceptors (Lipinski definition) is 4. The first kappa shape index (κ1) is 13.0. The Morgan fingerprint density at radius 1 is 1.50 bits per heavy atom. The van der Waals surface area contributed by atoms with Crippen LogP contribution in [0.2, 0.25) is 0 Å². The van der Waals surface area contributed by atoms with E-state index in [9.17, 15) is 4.79 Å². The van der Waals surface area contributed by atoms with E-state index >= 15 is 0 Å². The average molecular weight is 252 g/mol. The molecule has 2 rings (SSSR count). The van der Waals surface area contributed by atoms with Crippen LogP contribution in [0.25, 0.3) is 0 Å². The van der Waals surface area contributed by atoms with Gasteiger partial charge in [0.1, 0.15) is 12.4 Å². The van der Waals surface area contributed by atoms with Crippen molar-refractivity contribution in [3.8, 4) is 0 Å². The second kappa shape index (κ2) is 5.95. The summed E-state index contributed by atoms with van der Waals surface area (Å²) in [5.74, 6) is 1.33. The van der Waals surface area contributed by atoms with Crippen molar-refractivity contribution in [3.63, 3.8) is 0 Å². The van der Waals surface area contributed by atoms with Crippen molar-refractivity contribution < 1.29 is 9.53 Å². The number of carbonyl (C=O) groups is 1. The number of amides is 1. The monoisotopic (exact) mass is 252 g/mol. The first-order chi connectivity index (χ1) is 8.70. The molecule has 1 N–H and O–H groups in total. The van der Waals surface area contributed by atoms with Gasteiger partial charge < -0.3 is 4.74 Å². The van der Waals surface area contributed by atoms with E-state index in [0.717, 1.165) is 38.1 Å². The second-order valence-corrected chi connectivity index (χ2v) is 4.63. The molecule has 2 heterocycles. The van der Waals surface area contributed by atoms with Crippen molar-refractivity contribution in [2.24, 2.45) is 0 Å². The minimum atomic E-state index is -0.170. The molecule has 6 nitrogen and oxygen atoms in total. The molecule has 1 aromatic rings. The van der Waals surface area contributed by atoms with E-state index in [2.05, 4.69) is 15.5 Å². The van der Waals surface area contributed by atoms with E-state index < -0.39 is 0 Å². The van der Waals surface area contributed by atoms with Crippen molar-refractivity contribution in [1.29, 1.82) is 0 Å². The summed E-state index contributed by atoms with van der Waals surface area (Å²) < 4.78 is 7.35. The third-order valence-electron chi connectivity index (χ3n) is 3.18. The molecular weight excluding hydrogens is 232 g/mol. The standard InChI is InChI=1S/C12H20N4O2/c1-3-9(2)18-8-11(17)13-12-15-14-10-6-4-5-7-16(10)12/h9H,3-8H2,1-2H3,(H,13,15,17). The van der Waals surface area contributed by atoms with Crippen LogP contribution >= 0.6 is 0 Å². The van der Waals surface area contributed by atoms with Crippen molar-refractivity contribution >= 4 is 11.9 Å². The Hall–Kier alpha value is -1.43. The highest BCUT2D eigenvalue weighted by Gasteiger charge is 2.17. The highest BCUT2D eigenvalue weighted by molar-refractivity contribution is 5.90. The Kier molecular flexibility index (Phi) is 4.30. The molecule has 1 atom stereocenters. The van der Waals surface area contributed by atoms with Crippen LogP contribution in [0, 0.1) is 0 Å². The van der Waals surface area contributed by atoms with E-state index in [1.807, 2.05) is 18.4 Å². The van der Waals surface area contributed by atoms with Gasteiger partial charge >= 0.3 is 0 Å².